The minimum atomic E-state index is -3.39. The second kappa shape index (κ2) is 6.50. The van der Waals surface area contributed by atoms with Crippen LogP contribution in [0.15, 0.2) is 17.2 Å². The summed E-state index contributed by atoms with van der Waals surface area (Å²) in [5, 5.41) is 3.38. The summed E-state index contributed by atoms with van der Waals surface area (Å²) in [7, 11) is -3.39. The minimum absolute atomic E-state index is 0.0976. The van der Waals surface area contributed by atoms with Gasteiger partial charge >= 0.3 is 0 Å². The van der Waals surface area contributed by atoms with E-state index in [0.29, 0.717) is 17.5 Å². The van der Waals surface area contributed by atoms with Crippen LogP contribution in [0.2, 0.25) is 0 Å². The molecular weight excluding hydrogens is 286 g/mol. The lowest BCUT2D eigenvalue weighted by molar-refractivity contribution is 0.510. The summed E-state index contributed by atoms with van der Waals surface area (Å²) in [6.07, 6.45) is 10.7. The first-order valence-electron chi connectivity index (χ1n) is 8.06. The Bertz CT molecular complexity index is 555. The third-order valence-corrected chi connectivity index (χ3v) is 5.86. The molecule has 0 saturated heterocycles. The van der Waals surface area contributed by atoms with Crippen LogP contribution in [0.4, 0.5) is 0 Å². The Morgan fingerprint density at radius 1 is 1.05 bits per heavy atom. The second-order valence-electron chi connectivity index (χ2n) is 6.33. The van der Waals surface area contributed by atoms with Gasteiger partial charge in [-0.2, -0.15) is 0 Å². The molecule has 6 heteroatoms. The zero-order valence-electron chi connectivity index (χ0n) is 12.4. The van der Waals surface area contributed by atoms with E-state index in [0.717, 1.165) is 31.4 Å². The van der Waals surface area contributed by atoms with E-state index in [4.69, 9.17) is 0 Å². The monoisotopic (exact) mass is 311 g/mol. The van der Waals surface area contributed by atoms with Crippen molar-refractivity contribution in [1.82, 2.24) is 15.0 Å². The van der Waals surface area contributed by atoms with E-state index in [-0.39, 0.29) is 6.04 Å². The van der Waals surface area contributed by atoms with Crippen molar-refractivity contribution in [1.29, 1.82) is 0 Å². The summed E-state index contributed by atoms with van der Waals surface area (Å²) in [5.74, 6) is 0. The van der Waals surface area contributed by atoms with Crippen molar-refractivity contribution in [2.75, 3.05) is 0 Å². The van der Waals surface area contributed by atoms with Gasteiger partial charge in [0.15, 0.2) is 0 Å². The first kappa shape index (κ1) is 15.1. The average Bonchev–Trinajstić information content (AvgIpc) is 3.20. The van der Waals surface area contributed by atoms with Gasteiger partial charge in [0.05, 0.1) is 4.90 Å². The summed E-state index contributed by atoms with van der Waals surface area (Å²) in [4.78, 5) is 3.42. The second-order valence-corrected chi connectivity index (χ2v) is 8.04. The number of aromatic nitrogens is 1. The van der Waals surface area contributed by atoms with Gasteiger partial charge in [0.25, 0.3) is 0 Å². The number of aromatic amines is 1. The Hall–Kier alpha value is -0.850. The molecule has 3 rings (SSSR count). The van der Waals surface area contributed by atoms with Crippen LogP contribution in [0.3, 0.4) is 0 Å². The third-order valence-electron chi connectivity index (χ3n) is 4.36. The topological polar surface area (TPSA) is 74.0 Å². The van der Waals surface area contributed by atoms with Crippen molar-refractivity contribution in [2.45, 2.75) is 74.9 Å². The molecule has 0 radical (unpaired) electrons. The zero-order valence-corrected chi connectivity index (χ0v) is 13.2. The van der Waals surface area contributed by atoms with Gasteiger partial charge in [-0.1, -0.05) is 25.7 Å². The van der Waals surface area contributed by atoms with Crippen molar-refractivity contribution in [3.8, 4) is 0 Å². The summed E-state index contributed by atoms with van der Waals surface area (Å²) < 4.78 is 27.7. The lowest BCUT2D eigenvalue weighted by Crippen LogP contribution is -2.34. The number of hydrogen-bond acceptors (Lipinski definition) is 3. The van der Waals surface area contributed by atoms with Crippen LogP contribution in [-0.4, -0.2) is 25.5 Å². The van der Waals surface area contributed by atoms with Gasteiger partial charge in [-0.15, -0.1) is 0 Å². The smallest absolute Gasteiger partial charge is 0.242 e. The van der Waals surface area contributed by atoms with Crippen molar-refractivity contribution in [3.63, 3.8) is 0 Å². The standard InChI is InChI=1S/C15H25N3O2S/c19-21(20,18-13-5-3-1-2-4-6-13)15-9-14(17-11-15)10-16-12-7-8-12/h9,11-13,16-18H,1-8,10H2. The molecule has 2 aliphatic carbocycles. The number of hydrogen-bond donors (Lipinski definition) is 3. The fourth-order valence-corrected chi connectivity index (χ4v) is 4.22. The molecule has 5 nitrogen and oxygen atoms in total. The summed E-state index contributed by atoms with van der Waals surface area (Å²) in [6, 6.07) is 2.46. The van der Waals surface area contributed by atoms with Gasteiger partial charge in [0.2, 0.25) is 10.0 Å². The SMILES string of the molecule is O=S(=O)(NC1CCCCCC1)c1c[nH]c(CNC2CC2)c1. The highest BCUT2D eigenvalue weighted by Gasteiger charge is 2.23. The van der Waals surface area contributed by atoms with E-state index >= 15 is 0 Å². The van der Waals surface area contributed by atoms with Gasteiger partial charge in [0.1, 0.15) is 0 Å². The van der Waals surface area contributed by atoms with Crippen LogP contribution in [0.5, 0.6) is 0 Å². The van der Waals surface area contributed by atoms with E-state index in [1.165, 1.54) is 25.7 Å². The largest absolute Gasteiger partial charge is 0.363 e. The molecule has 0 bridgehead atoms. The molecular formula is C15H25N3O2S. The van der Waals surface area contributed by atoms with Crippen molar-refractivity contribution < 1.29 is 8.42 Å². The molecule has 118 valence electrons. The maximum atomic E-state index is 12.4. The van der Waals surface area contributed by atoms with Crippen LogP contribution in [0.25, 0.3) is 0 Å². The lowest BCUT2D eigenvalue weighted by atomic mass is 10.1. The maximum Gasteiger partial charge on any atom is 0.242 e. The third kappa shape index (κ3) is 4.31. The zero-order chi connectivity index (χ0) is 14.7. The Morgan fingerprint density at radius 2 is 1.76 bits per heavy atom. The first-order chi connectivity index (χ1) is 10.1. The van der Waals surface area contributed by atoms with E-state index in [2.05, 4.69) is 15.0 Å². The molecule has 0 atom stereocenters. The van der Waals surface area contributed by atoms with Crippen LogP contribution < -0.4 is 10.0 Å². The molecule has 3 N–H and O–H groups in total. The Balaban J connectivity index is 1.60. The van der Waals surface area contributed by atoms with Gasteiger partial charge < -0.3 is 10.3 Å². The summed E-state index contributed by atoms with van der Waals surface area (Å²) in [5.41, 5.74) is 0.933. The van der Waals surface area contributed by atoms with E-state index in [9.17, 15) is 8.42 Å². The van der Waals surface area contributed by atoms with Gasteiger partial charge in [-0.3, -0.25) is 0 Å². The highest BCUT2D eigenvalue weighted by molar-refractivity contribution is 7.89. The Kier molecular flexibility index (Phi) is 4.66. The highest BCUT2D eigenvalue weighted by Crippen LogP contribution is 2.21. The molecule has 1 aromatic heterocycles. The Morgan fingerprint density at radius 3 is 2.43 bits per heavy atom. The van der Waals surface area contributed by atoms with Crippen LogP contribution in [-0.2, 0) is 16.6 Å². The number of sulfonamides is 1. The molecule has 21 heavy (non-hydrogen) atoms. The van der Waals surface area contributed by atoms with Gasteiger partial charge in [-0.25, -0.2) is 13.1 Å². The van der Waals surface area contributed by atoms with Gasteiger partial charge in [-0.05, 0) is 31.7 Å². The minimum Gasteiger partial charge on any atom is -0.363 e. The first-order valence-corrected chi connectivity index (χ1v) is 9.55. The molecule has 2 aliphatic rings. The molecule has 1 heterocycles. The predicted molar refractivity (Wildman–Crippen MR) is 82.5 cm³/mol. The summed E-state index contributed by atoms with van der Waals surface area (Å²) in [6.45, 7) is 0.712. The molecule has 0 unspecified atom stereocenters. The molecule has 0 aromatic carbocycles. The number of nitrogens with one attached hydrogen (secondary N) is 3. The molecule has 0 spiro atoms. The molecule has 0 amide bonds. The molecule has 1 aromatic rings. The maximum absolute atomic E-state index is 12.4. The quantitative estimate of drug-likeness (QED) is 0.706. The highest BCUT2D eigenvalue weighted by atomic mass is 32.2. The Labute approximate surface area is 127 Å². The van der Waals surface area contributed by atoms with Crippen molar-refractivity contribution in [2.24, 2.45) is 0 Å². The fraction of sp³-hybridized carbons (Fsp3) is 0.733. The van der Waals surface area contributed by atoms with Crippen LogP contribution >= 0.6 is 0 Å². The fourth-order valence-electron chi connectivity index (χ4n) is 2.90. The van der Waals surface area contributed by atoms with Crippen molar-refractivity contribution in [3.05, 3.63) is 18.0 Å². The molecule has 2 fully saturated rings. The van der Waals surface area contributed by atoms with Crippen LogP contribution in [0, 0.1) is 0 Å². The van der Waals surface area contributed by atoms with Crippen molar-refractivity contribution >= 4 is 10.0 Å². The number of H-pyrrole nitrogens is 1. The van der Waals surface area contributed by atoms with E-state index in [1.54, 1.807) is 12.3 Å². The molecule has 2 saturated carbocycles. The predicted octanol–water partition coefficient (Wildman–Crippen LogP) is 2.27. The molecule has 0 aliphatic heterocycles. The van der Waals surface area contributed by atoms with Gasteiger partial charge in [0, 0.05) is 30.5 Å². The lowest BCUT2D eigenvalue weighted by Gasteiger charge is -2.15. The number of rotatable bonds is 6. The van der Waals surface area contributed by atoms with E-state index < -0.39 is 10.0 Å². The normalized spacial score (nSPS) is 21.3. The average molecular weight is 311 g/mol. The van der Waals surface area contributed by atoms with E-state index in [1.807, 2.05) is 0 Å². The summed E-state index contributed by atoms with van der Waals surface area (Å²) >= 11 is 0. The van der Waals surface area contributed by atoms with Crippen LogP contribution in [0.1, 0.15) is 57.1 Å².